The first-order valence-corrected chi connectivity index (χ1v) is 9.48. The summed E-state index contributed by atoms with van der Waals surface area (Å²) in [4.78, 5) is 62.3. The lowest BCUT2D eigenvalue weighted by Gasteiger charge is -2.27. The van der Waals surface area contributed by atoms with Gasteiger partial charge in [-0.05, 0) is 24.1 Å². The van der Waals surface area contributed by atoms with Crippen molar-refractivity contribution in [3.05, 3.63) is 40.7 Å². The molecule has 0 bridgehead atoms. The number of methoxy groups -OCH3 is 1. The summed E-state index contributed by atoms with van der Waals surface area (Å²) in [6, 6.07) is 3.92. The lowest BCUT2D eigenvalue weighted by Crippen LogP contribution is -2.54. The van der Waals surface area contributed by atoms with Gasteiger partial charge in [0.2, 0.25) is 17.8 Å². The fraction of sp³-hybridized carbons (Fsp3) is 0.316. The quantitative estimate of drug-likeness (QED) is 0.506. The molecule has 1 saturated heterocycles. The Kier molecular flexibility index (Phi) is 5.29. The fourth-order valence-electron chi connectivity index (χ4n) is 3.47. The SMILES string of the molecule is COc1nc(CN)nc(NCc2ccc3c(c2)C(=O)N(C2CCC(=O)NC2=O)C3=O)n1. The van der Waals surface area contributed by atoms with Gasteiger partial charge in [-0.2, -0.15) is 15.0 Å². The molecule has 160 valence electrons. The van der Waals surface area contributed by atoms with Crippen LogP contribution in [0.2, 0.25) is 0 Å². The summed E-state index contributed by atoms with van der Waals surface area (Å²) in [7, 11) is 1.43. The number of carbonyl (C=O) groups is 4. The van der Waals surface area contributed by atoms with Crippen LogP contribution in [-0.4, -0.2) is 56.6 Å². The largest absolute Gasteiger partial charge is 0.467 e. The van der Waals surface area contributed by atoms with E-state index in [1.165, 1.54) is 13.2 Å². The van der Waals surface area contributed by atoms with Gasteiger partial charge in [-0.3, -0.25) is 29.4 Å². The first-order chi connectivity index (χ1) is 14.9. The number of nitrogens with two attached hydrogens (primary N) is 1. The van der Waals surface area contributed by atoms with E-state index in [0.29, 0.717) is 11.4 Å². The molecule has 0 aliphatic carbocycles. The van der Waals surface area contributed by atoms with Crippen LogP contribution < -0.4 is 21.1 Å². The molecule has 0 saturated carbocycles. The Morgan fingerprint density at radius 1 is 1.16 bits per heavy atom. The maximum Gasteiger partial charge on any atom is 0.321 e. The van der Waals surface area contributed by atoms with Gasteiger partial charge in [-0.25, -0.2) is 0 Å². The molecule has 1 unspecified atom stereocenters. The number of carbonyl (C=O) groups excluding carboxylic acids is 4. The van der Waals surface area contributed by atoms with Gasteiger partial charge in [-0.15, -0.1) is 0 Å². The monoisotopic (exact) mass is 425 g/mol. The average molecular weight is 425 g/mol. The number of benzene rings is 1. The van der Waals surface area contributed by atoms with Crippen molar-refractivity contribution in [2.24, 2.45) is 5.73 Å². The number of fused-ring (bicyclic) bond motifs is 1. The molecule has 1 aromatic heterocycles. The molecule has 0 radical (unpaired) electrons. The minimum absolute atomic E-state index is 0.0686. The Hall–Kier alpha value is -3.93. The van der Waals surface area contributed by atoms with Crippen LogP contribution in [0.25, 0.3) is 0 Å². The summed E-state index contributed by atoms with van der Waals surface area (Å²) in [6.45, 7) is 0.365. The number of amides is 4. The summed E-state index contributed by atoms with van der Waals surface area (Å²) in [5.74, 6) is -1.58. The third-order valence-corrected chi connectivity index (χ3v) is 4.98. The predicted octanol–water partition coefficient (Wildman–Crippen LogP) is -0.648. The van der Waals surface area contributed by atoms with Crippen molar-refractivity contribution >= 4 is 29.6 Å². The first-order valence-electron chi connectivity index (χ1n) is 9.48. The molecule has 2 aliphatic heterocycles. The van der Waals surface area contributed by atoms with Crippen molar-refractivity contribution in [2.75, 3.05) is 12.4 Å². The van der Waals surface area contributed by atoms with Gasteiger partial charge in [0, 0.05) is 13.0 Å². The standard InChI is InChI=1S/C19H19N7O5/c1-31-19-23-13(7-20)22-18(25-19)21-8-9-2-3-10-11(6-9)17(30)26(16(10)29)12-4-5-14(27)24-15(12)28/h2-3,6,12H,4-5,7-8,20H2,1H3,(H,24,27,28)(H,21,22,23,25). The van der Waals surface area contributed by atoms with E-state index in [1.54, 1.807) is 12.1 Å². The van der Waals surface area contributed by atoms with E-state index in [0.717, 1.165) is 4.90 Å². The lowest BCUT2D eigenvalue weighted by molar-refractivity contribution is -0.136. The number of ether oxygens (including phenoxy) is 1. The highest BCUT2D eigenvalue weighted by Gasteiger charge is 2.44. The van der Waals surface area contributed by atoms with Gasteiger partial charge >= 0.3 is 6.01 Å². The molecule has 3 heterocycles. The molecule has 4 amide bonds. The highest BCUT2D eigenvalue weighted by atomic mass is 16.5. The normalized spacial score (nSPS) is 18.1. The van der Waals surface area contributed by atoms with Gasteiger partial charge in [0.15, 0.2) is 5.82 Å². The number of imide groups is 2. The zero-order chi connectivity index (χ0) is 22.1. The third kappa shape index (κ3) is 3.80. The van der Waals surface area contributed by atoms with Gasteiger partial charge in [0.05, 0.1) is 24.8 Å². The van der Waals surface area contributed by atoms with Crippen molar-refractivity contribution < 1.29 is 23.9 Å². The summed E-state index contributed by atoms with van der Waals surface area (Å²) in [6.07, 6.45) is 0.175. The number of nitrogens with one attached hydrogen (secondary N) is 2. The predicted molar refractivity (Wildman–Crippen MR) is 105 cm³/mol. The summed E-state index contributed by atoms with van der Waals surface area (Å²) < 4.78 is 5.02. The van der Waals surface area contributed by atoms with E-state index in [2.05, 4.69) is 25.6 Å². The maximum atomic E-state index is 12.9. The average Bonchev–Trinajstić information content (AvgIpc) is 3.02. The Balaban J connectivity index is 1.52. The topological polar surface area (TPSA) is 170 Å². The van der Waals surface area contributed by atoms with Crippen molar-refractivity contribution in [1.29, 1.82) is 0 Å². The molecule has 12 heteroatoms. The maximum absolute atomic E-state index is 12.9. The Labute approximate surface area is 176 Å². The highest BCUT2D eigenvalue weighted by Crippen LogP contribution is 2.28. The van der Waals surface area contributed by atoms with Crippen LogP contribution in [0.5, 0.6) is 6.01 Å². The molecule has 4 N–H and O–H groups in total. The zero-order valence-corrected chi connectivity index (χ0v) is 16.5. The molecule has 0 spiro atoms. The molecule has 4 rings (SSSR count). The van der Waals surface area contributed by atoms with Gasteiger partial charge < -0.3 is 15.8 Å². The minimum atomic E-state index is -1.00. The lowest BCUT2D eigenvalue weighted by atomic mass is 10.0. The van der Waals surface area contributed by atoms with E-state index in [-0.39, 0.29) is 49.0 Å². The van der Waals surface area contributed by atoms with Crippen LogP contribution in [0.4, 0.5) is 5.95 Å². The van der Waals surface area contributed by atoms with Gasteiger partial charge in [-0.1, -0.05) is 6.07 Å². The Morgan fingerprint density at radius 2 is 1.94 bits per heavy atom. The second-order valence-corrected chi connectivity index (χ2v) is 6.95. The van der Waals surface area contributed by atoms with E-state index in [9.17, 15) is 19.2 Å². The summed E-state index contributed by atoms with van der Waals surface area (Å²) >= 11 is 0. The minimum Gasteiger partial charge on any atom is -0.467 e. The van der Waals surface area contributed by atoms with Crippen LogP contribution in [0.1, 0.15) is 44.9 Å². The van der Waals surface area contributed by atoms with E-state index in [1.807, 2.05) is 0 Å². The Bertz CT molecular complexity index is 1080. The molecule has 2 aliphatic rings. The molecule has 31 heavy (non-hydrogen) atoms. The fourth-order valence-corrected chi connectivity index (χ4v) is 3.47. The van der Waals surface area contributed by atoms with Crippen LogP contribution >= 0.6 is 0 Å². The third-order valence-electron chi connectivity index (χ3n) is 4.98. The van der Waals surface area contributed by atoms with Crippen molar-refractivity contribution in [1.82, 2.24) is 25.2 Å². The van der Waals surface area contributed by atoms with E-state index >= 15 is 0 Å². The molecule has 1 fully saturated rings. The van der Waals surface area contributed by atoms with Crippen LogP contribution in [-0.2, 0) is 22.7 Å². The van der Waals surface area contributed by atoms with Crippen LogP contribution in [0, 0.1) is 0 Å². The summed E-state index contributed by atoms with van der Waals surface area (Å²) in [5.41, 5.74) is 6.68. The highest BCUT2D eigenvalue weighted by molar-refractivity contribution is 6.23. The number of anilines is 1. The number of aromatic nitrogens is 3. The van der Waals surface area contributed by atoms with Gasteiger partial charge in [0.1, 0.15) is 6.04 Å². The molecule has 2 aromatic rings. The number of rotatable bonds is 6. The zero-order valence-electron chi connectivity index (χ0n) is 16.5. The van der Waals surface area contributed by atoms with Crippen LogP contribution in [0.3, 0.4) is 0 Å². The second-order valence-electron chi connectivity index (χ2n) is 6.95. The van der Waals surface area contributed by atoms with Crippen LogP contribution in [0.15, 0.2) is 18.2 Å². The van der Waals surface area contributed by atoms with E-state index < -0.39 is 29.7 Å². The Morgan fingerprint density at radius 3 is 2.65 bits per heavy atom. The molecular formula is C19H19N7O5. The molecule has 1 aromatic carbocycles. The van der Waals surface area contributed by atoms with Crippen molar-refractivity contribution in [3.8, 4) is 6.01 Å². The smallest absolute Gasteiger partial charge is 0.321 e. The summed E-state index contributed by atoms with van der Waals surface area (Å²) in [5, 5.41) is 5.18. The molecule has 12 nitrogen and oxygen atoms in total. The molecular weight excluding hydrogens is 406 g/mol. The number of nitrogens with zero attached hydrogens (tertiary/aromatic N) is 4. The van der Waals surface area contributed by atoms with E-state index in [4.69, 9.17) is 10.5 Å². The molecule has 1 atom stereocenters. The number of hydrogen-bond donors (Lipinski definition) is 3. The first kappa shape index (κ1) is 20.3. The number of piperidine rings is 1. The van der Waals surface area contributed by atoms with Crippen molar-refractivity contribution in [2.45, 2.75) is 32.0 Å². The van der Waals surface area contributed by atoms with Gasteiger partial charge in [0.25, 0.3) is 11.8 Å². The second kappa shape index (κ2) is 8.07. The number of hydrogen-bond acceptors (Lipinski definition) is 10. The van der Waals surface area contributed by atoms with Crippen molar-refractivity contribution in [3.63, 3.8) is 0 Å².